The molecule has 6 nitrogen and oxygen atoms in total. The van der Waals surface area contributed by atoms with Crippen molar-refractivity contribution in [3.8, 4) is 0 Å². The maximum atomic E-state index is 10.8. The quantitative estimate of drug-likeness (QED) is 0.407. The number of fused-ring (bicyclic) bond motifs is 1. The average molecular weight is 407 g/mol. The Bertz CT molecular complexity index is 760. The molecule has 0 spiro atoms. The molecule has 0 aliphatic carbocycles. The summed E-state index contributed by atoms with van der Waals surface area (Å²) in [6.45, 7) is 0.905. The van der Waals surface area contributed by atoms with Gasteiger partial charge in [0.25, 0.3) is 0 Å². The number of carboxylic acid groups (broad SMARTS) is 2. The predicted molar refractivity (Wildman–Crippen MR) is 113 cm³/mol. The Morgan fingerprint density at radius 2 is 1.54 bits per heavy atom. The molecule has 0 bridgehead atoms. The fourth-order valence-electron chi connectivity index (χ4n) is 3.32. The number of hydrogen-bond donors (Lipinski definition) is 2. The number of thioether (sulfide) groups is 1. The fraction of sp³-hybridized carbons (Fsp3) is 0.571. The Kier molecular flexibility index (Phi) is 9.90. The second-order valence-electron chi connectivity index (χ2n) is 7.03. The first-order chi connectivity index (χ1) is 13.6. The third-order valence-corrected chi connectivity index (χ3v) is 5.63. The van der Waals surface area contributed by atoms with Crippen LogP contribution in [0.3, 0.4) is 0 Å². The molecule has 0 radical (unpaired) electrons. The zero-order valence-corrected chi connectivity index (χ0v) is 17.1. The van der Waals surface area contributed by atoms with Gasteiger partial charge in [0.2, 0.25) is 0 Å². The Balaban J connectivity index is 1.72. The Morgan fingerprint density at radius 1 is 0.893 bits per heavy atom. The van der Waals surface area contributed by atoms with Crippen molar-refractivity contribution >= 4 is 34.7 Å². The van der Waals surface area contributed by atoms with E-state index in [-0.39, 0.29) is 12.2 Å². The molecule has 2 aromatic rings. The average Bonchev–Trinajstić information content (AvgIpc) is 3.00. The number of rotatable bonds is 15. The molecule has 0 aliphatic heterocycles. The summed E-state index contributed by atoms with van der Waals surface area (Å²) < 4.78 is 2.23. The van der Waals surface area contributed by atoms with Crippen LogP contribution in [-0.2, 0) is 21.9 Å². The molecule has 1 aromatic heterocycles. The lowest BCUT2D eigenvalue weighted by molar-refractivity contribution is -0.137. The van der Waals surface area contributed by atoms with Crippen LogP contribution < -0.4 is 0 Å². The maximum absolute atomic E-state index is 10.8. The standard InChI is InChI=1S/C21H30N2O4S/c24-20(25)13-7-5-3-1-2-4-6-10-14-23-18-12-9-8-11-17(18)22-19(23)15-28-16-21(26)27/h8-9,11-12H,1-7,10,13-16H2,(H,24,25)(H,26,27). The van der Waals surface area contributed by atoms with E-state index in [1.807, 2.05) is 18.2 Å². The molecule has 0 saturated carbocycles. The van der Waals surface area contributed by atoms with Crippen molar-refractivity contribution in [3.63, 3.8) is 0 Å². The lowest BCUT2D eigenvalue weighted by Crippen LogP contribution is -2.05. The van der Waals surface area contributed by atoms with Gasteiger partial charge in [-0.2, -0.15) is 0 Å². The Morgan fingerprint density at radius 3 is 2.21 bits per heavy atom. The van der Waals surface area contributed by atoms with E-state index in [4.69, 9.17) is 10.2 Å². The molecule has 28 heavy (non-hydrogen) atoms. The highest BCUT2D eigenvalue weighted by Crippen LogP contribution is 2.21. The van der Waals surface area contributed by atoms with Crippen molar-refractivity contribution in [2.75, 3.05) is 5.75 Å². The van der Waals surface area contributed by atoms with E-state index in [1.54, 1.807) is 0 Å². The third-order valence-electron chi connectivity index (χ3n) is 4.71. The lowest BCUT2D eigenvalue weighted by Gasteiger charge is -2.09. The second kappa shape index (κ2) is 12.4. The predicted octanol–water partition coefficient (Wildman–Crippen LogP) is 4.95. The van der Waals surface area contributed by atoms with Gasteiger partial charge in [0.1, 0.15) is 5.82 Å². The fourth-order valence-corrected chi connectivity index (χ4v) is 4.00. The molecular formula is C21H30N2O4S. The van der Waals surface area contributed by atoms with E-state index in [1.165, 1.54) is 31.0 Å². The summed E-state index contributed by atoms with van der Waals surface area (Å²) in [7, 11) is 0. The minimum Gasteiger partial charge on any atom is -0.481 e. The van der Waals surface area contributed by atoms with Crippen molar-refractivity contribution in [3.05, 3.63) is 30.1 Å². The molecule has 2 N–H and O–H groups in total. The topological polar surface area (TPSA) is 92.4 Å². The smallest absolute Gasteiger partial charge is 0.313 e. The van der Waals surface area contributed by atoms with E-state index in [0.717, 1.165) is 55.5 Å². The molecule has 7 heteroatoms. The monoisotopic (exact) mass is 406 g/mol. The summed E-state index contributed by atoms with van der Waals surface area (Å²) in [4.78, 5) is 25.9. The number of aryl methyl sites for hydroxylation is 1. The zero-order chi connectivity index (χ0) is 20.2. The number of para-hydroxylation sites is 2. The van der Waals surface area contributed by atoms with Gasteiger partial charge in [0.15, 0.2) is 0 Å². The van der Waals surface area contributed by atoms with Crippen LogP contribution in [0.2, 0.25) is 0 Å². The number of aromatic nitrogens is 2. The summed E-state index contributed by atoms with van der Waals surface area (Å²) in [5.74, 6) is 0.154. The van der Waals surface area contributed by atoms with Crippen molar-refractivity contribution in [2.24, 2.45) is 0 Å². The van der Waals surface area contributed by atoms with Gasteiger partial charge in [-0.05, 0) is 25.0 Å². The van der Waals surface area contributed by atoms with E-state index >= 15 is 0 Å². The van der Waals surface area contributed by atoms with Crippen molar-refractivity contribution < 1.29 is 19.8 Å². The summed E-state index contributed by atoms with van der Waals surface area (Å²) >= 11 is 1.38. The summed E-state index contributed by atoms with van der Waals surface area (Å²) in [5, 5.41) is 17.5. The summed E-state index contributed by atoms with van der Waals surface area (Å²) in [5.41, 5.74) is 2.08. The first-order valence-corrected chi connectivity index (χ1v) is 11.2. The van der Waals surface area contributed by atoms with Gasteiger partial charge in [0.05, 0.1) is 22.5 Å². The number of aliphatic carboxylic acids is 2. The molecular weight excluding hydrogens is 376 g/mol. The van der Waals surface area contributed by atoms with E-state index < -0.39 is 11.9 Å². The highest BCUT2D eigenvalue weighted by Gasteiger charge is 2.11. The lowest BCUT2D eigenvalue weighted by atomic mass is 10.1. The minimum atomic E-state index is -0.796. The van der Waals surface area contributed by atoms with Gasteiger partial charge in [-0.25, -0.2) is 4.98 Å². The first-order valence-electron chi connectivity index (χ1n) is 10.0. The first kappa shape index (κ1) is 22.3. The van der Waals surface area contributed by atoms with Crippen LogP contribution in [0, 0.1) is 0 Å². The zero-order valence-electron chi connectivity index (χ0n) is 16.3. The number of unbranched alkanes of at least 4 members (excludes halogenated alkanes) is 7. The molecule has 0 unspecified atom stereocenters. The molecule has 0 amide bonds. The van der Waals surface area contributed by atoms with Crippen LogP contribution in [0.5, 0.6) is 0 Å². The van der Waals surface area contributed by atoms with Crippen LogP contribution in [0.4, 0.5) is 0 Å². The molecule has 2 rings (SSSR count). The van der Waals surface area contributed by atoms with Gasteiger partial charge in [-0.15, -0.1) is 11.8 Å². The number of nitrogens with zero attached hydrogens (tertiary/aromatic N) is 2. The largest absolute Gasteiger partial charge is 0.481 e. The summed E-state index contributed by atoms with van der Waals surface area (Å²) in [6, 6.07) is 8.07. The third kappa shape index (κ3) is 7.92. The number of hydrogen-bond acceptors (Lipinski definition) is 4. The van der Waals surface area contributed by atoms with Crippen molar-refractivity contribution in [2.45, 2.75) is 70.1 Å². The molecule has 0 fully saturated rings. The number of carbonyl (C=O) groups is 2. The van der Waals surface area contributed by atoms with Gasteiger partial charge >= 0.3 is 11.9 Å². The van der Waals surface area contributed by atoms with Crippen LogP contribution in [0.25, 0.3) is 11.0 Å². The molecule has 1 heterocycles. The second-order valence-corrected chi connectivity index (χ2v) is 8.01. The normalized spacial score (nSPS) is 11.1. The van der Waals surface area contributed by atoms with Gasteiger partial charge in [-0.3, -0.25) is 9.59 Å². The van der Waals surface area contributed by atoms with E-state index in [2.05, 4.69) is 15.6 Å². The maximum Gasteiger partial charge on any atom is 0.313 e. The molecule has 154 valence electrons. The van der Waals surface area contributed by atoms with E-state index in [9.17, 15) is 9.59 Å². The number of benzene rings is 1. The van der Waals surface area contributed by atoms with Crippen LogP contribution in [-0.4, -0.2) is 37.5 Å². The van der Waals surface area contributed by atoms with Crippen LogP contribution in [0.1, 0.15) is 63.6 Å². The number of imidazole rings is 1. The Labute approximate surface area is 170 Å². The number of carboxylic acids is 2. The van der Waals surface area contributed by atoms with Gasteiger partial charge < -0.3 is 14.8 Å². The highest BCUT2D eigenvalue weighted by molar-refractivity contribution is 7.99. The van der Waals surface area contributed by atoms with Crippen molar-refractivity contribution in [1.82, 2.24) is 9.55 Å². The molecule has 0 saturated heterocycles. The Hall–Kier alpha value is -2.02. The van der Waals surface area contributed by atoms with Gasteiger partial charge in [-0.1, -0.05) is 50.7 Å². The molecule has 0 atom stereocenters. The molecule has 0 aliphatic rings. The van der Waals surface area contributed by atoms with Crippen molar-refractivity contribution in [1.29, 1.82) is 0 Å². The SMILES string of the molecule is O=C(O)CCCCCCCCCCn1c(CSCC(=O)O)nc2ccccc21. The minimum absolute atomic E-state index is 0.0929. The van der Waals surface area contributed by atoms with Gasteiger partial charge in [0, 0.05) is 13.0 Å². The van der Waals surface area contributed by atoms with E-state index in [0.29, 0.717) is 5.75 Å². The summed E-state index contributed by atoms with van der Waals surface area (Å²) in [6.07, 6.45) is 8.98. The highest BCUT2D eigenvalue weighted by atomic mass is 32.2. The van der Waals surface area contributed by atoms with Crippen LogP contribution in [0.15, 0.2) is 24.3 Å². The molecule has 1 aromatic carbocycles. The van der Waals surface area contributed by atoms with Crippen LogP contribution >= 0.6 is 11.8 Å².